The molecule has 8 heteroatoms. The van der Waals surface area contributed by atoms with Gasteiger partial charge in [-0.1, -0.05) is 48.5 Å². The monoisotopic (exact) mass is 487 g/mol. The molecule has 0 aliphatic rings. The smallest absolute Gasteiger partial charge is 0.271 e. The van der Waals surface area contributed by atoms with Gasteiger partial charge in [0, 0.05) is 12.3 Å². The lowest BCUT2D eigenvalue weighted by molar-refractivity contribution is -0.113. The maximum atomic E-state index is 13.3. The molecule has 0 radical (unpaired) electrons. The normalized spacial score (nSPS) is 11.7. The minimum absolute atomic E-state index is 0.101. The first-order chi connectivity index (χ1) is 18.1. The van der Waals surface area contributed by atoms with Gasteiger partial charge >= 0.3 is 0 Å². The van der Waals surface area contributed by atoms with Gasteiger partial charge in [-0.25, -0.2) is 4.98 Å². The predicted molar refractivity (Wildman–Crippen MR) is 140 cm³/mol. The van der Waals surface area contributed by atoms with Crippen LogP contribution in [0.3, 0.4) is 0 Å². The van der Waals surface area contributed by atoms with Crippen LogP contribution in [-0.2, 0) is 11.3 Å². The van der Waals surface area contributed by atoms with Gasteiger partial charge in [0.05, 0.1) is 24.6 Å². The Bertz CT molecular complexity index is 1830. The molecule has 5 rings (SSSR count). The maximum absolute atomic E-state index is 13.3. The van der Waals surface area contributed by atoms with E-state index in [0.29, 0.717) is 17.0 Å². The number of methoxy groups -OCH3 is 1. The van der Waals surface area contributed by atoms with Gasteiger partial charge in [0.15, 0.2) is 5.49 Å². The fraction of sp³-hybridized carbons (Fsp3) is 0.0690. The third-order valence-corrected chi connectivity index (χ3v) is 5.84. The third-order valence-electron chi connectivity index (χ3n) is 5.84. The van der Waals surface area contributed by atoms with E-state index in [0.717, 1.165) is 11.1 Å². The highest BCUT2D eigenvalue weighted by Crippen LogP contribution is 2.14. The molecule has 0 fully saturated rings. The number of hydrogen-bond donors (Lipinski definition) is 0. The van der Waals surface area contributed by atoms with E-state index in [-0.39, 0.29) is 28.5 Å². The van der Waals surface area contributed by atoms with E-state index in [9.17, 15) is 14.9 Å². The van der Waals surface area contributed by atoms with Crippen LogP contribution < -0.4 is 15.8 Å². The lowest BCUT2D eigenvalue weighted by Crippen LogP contribution is -2.29. The minimum atomic E-state index is -0.550. The van der Waals surface area contributed by atoms with Gasteiger partial charge in [-0.05, 0) is 47.5 Å². The highest BCUT2D eigenvalue weighted by molar-refractivity contribution is 5.92. The SMILES string of the molecule is COc1ccc(C=CC(=O)N=c2c(C#N)cc3c(=O)n4ccccc4nc3n2Cc2ccccc2)cc1. The van der Waals surface area contributed by atoms with Crippen molar-refractivity contribution >= 4 is 28.7 Å². The summed E-state index contributed by atoms with van der Waals surface area (Å²) in [6, 6.07) is 25.5. The van der Waals surface area contributed by atoms with Crippen molar-refractivity contribution < 1.29 is 9.53 Å². The molecular weight excluding hydrogens is 466 g/mol. The summed E-state index contributed by atoms with van der Waals surface area (Å²) in [4.78, 5) is 35.2. The number of ether oxygens (including phenoxy) is 1. The average Bonchev–Trinajstić information content (AvgIpc) is 2.94. The van der Waals surface area contributed by atoms with Crippen molar-refractivity contribution in [1.82, 2.24) is 14.0 Å². The number of carbonyl (C=O) groups is 1. The van der Waals surface area contributed by atoms with Crippen molar-refractivity contribution in [2.75, 3.05) is 7.11 Å². The number of pyridine rings is 2. The van der Waals surface area contributed by atoms with E-state index in [1.807, 2.05) is 42.5 Å². The fourth-order valence-electron chi connectivity index (χ4n) is 4.02. The highest BCUT2D eigenvalue weighted by Gasteiger charge is 2.15. The third kappa shape index (κ3) is 4.79. The van der Waals surface area contributed by atoms with Crippen LogP contribution in [0.5, 0.6) is 5.75 Å². The van der Waals surface area contributed by atoms with E-state index >= 15 is 0 Å². The molecule has 0 unspecified atom stereocenters. The number of benzene rings is 2. The van der Waals surface area contributed by atoms with Crippen molar-refractivity contribution in [1.29, 1.82) is 5.26 Å². The van der Waals surface area contributed by atoms with Crippen LogP contribution in [0.1, 0.15) is 16.7 Å². The molecular formula is C29H21N5O3. The summed E-state index contributed by atoms with van der Waals surface area (Å²) in [5.41, 5.74) is 2.40. The Morgan fingerprint density at radius 1 is 1.08 bits per heavy atom. The molecule has 0 aliphatic carbocycles. The molecule has 0 saturated heterocycles. The number of rotatable bonds is 5. The number of nitriles is 1. The Labute approximate surface area is 211 Å². The summed E-state index contributed by atoms with van der Waals surface area (Å²) in [7, 11) is 1.58. The fourth-order valence-corrected chi connectivity index (χ4v) is 4.02. The first-order valence-corrected chi connectivity index (χ1v) is 11.5. The molecule has 3 aromatic heterocycles. The number of aromatic nitrogens is 3. The van der Waals surface area contributed by atoms with Gasteiger partial charge in [-0.2, -0.15) is 10.3 Å². The van der Waals surface area contributed by atoms with E-state index in [4.69, 9.17) is 9.72 Å². The Hall–Kier alpha value is -5.29. The van der Waals surface area contributed by atoms with E-state index in [1.54, 1.807) is 54.3 Å². The Balaban J connectivity index is 1.71. The van der Waals surface area contributed by atoms with Gasteiger partial charge in [-0.15, -0.1) is 0 Å². The summed E-state index contributed by atoms with van der Waals surface area (Å²) in [5, 5.41) is 10.2. The number of fused-ring (bicyclic) bond motifs is 2. The summed E-state index contributed by atoms with van der Waals surface area (Å²) >= 11 is 0. The predicted octanol–water partition coefficient (Wildman–Crippen LogP) is 3.72. The zero-order chi connectivity index (χ0) is 25.8. The molecule has 0 bridgehead atoms. The van der Waals surface area contributed by atoms with Crippen LogP contribution in [0.4, 0.5) is 0 Å². The number of amides is 1. The molecule has 37 heavy (non-hydrogen) atoms. The van der Waals surface area contributed by atoms with Crippen LogP contribution >= 0.6 is 0 Å². The average molecular weight is 488 g/mol. The standard InChI is InChI=1S/C29H21N5O3/c1-37-23-13-10-20(11-14-23)12-15-26(35)32-27-22(18-30)17-24-28(34(27)19-21-7-3-2-4-8-21)31-25-9-5-6-16-33(25)29(24)36/h2-17H,19H2,1H3. The van der Waals surface area contributed by atoms with Gasteiger partial charge in [-0.3, -0.25) is 14.0 Å². The van der Waals surface area contributed by atoms with Crippen LogP contribution in [-0.4, -0.2) is 27.0 Å². The summed E-state index contributed by atoms with van der Waals surface area (Å²) in [5.74, 6) is 0.159. The Morgan fingerprint density at radius 2 is 1.84 bits per heavy atom. The van der Waals surface area contributed by atoms with Crippen LogP contribution in [0, 0.1) is 11.3 Å². The van der Waals surface area contributed by atoms with Gasteiger partial charge in [0.1, 0.15) is 23.1 Å². The maximum Gasteiger partial charge on any atom is 0.271 e. The van der Waals surface area contributed by atoms with E-state index in [2.05, 4.69) is 11.1 Å². The molecule has 8 nitrogen and oxygen atoms in total. The van der Waals surface area contributed by atoms with Gasteiger partial charge in [0.2, 0.25) is 0 Å². The second-order valence-corrected chi connectivity index (χ2v) is 8.20. The Kier molecular flexibility index (Phi) is 6.43. The molecule has 2 aromatic carbocycles. The number of nitrogens with zero attached hydrogens (tertiary/aromatic N) is 5. The molecule has 0 spiro atoms. The van der Waals surface area contributed by atoms with Crippen LogP contribution in [0.2, 0.25) is 0 Å². The van der Waals surface area contributed by atoms with Gasteiger partial charge in [0.25, 0.3) is 11.5 Å². The number of carbonyl (C=O) groups excluding carboxylic acids is 1. The second kappa shape index (κ2) is 10.1. The molecule has 0 N–H and O–H groups in total. The lowest BCUT2D eigenvalue weighted by Gasteiger charge is -2.13. The molecule has 0 saturated carbocycles. The first-order valence-electron chi connectivity index (χ1n) is 11.5. The topological polar surface area (TPSA) is 102 Å². The second-order valence-electron chi connectivity index (χ2n) is 8.20. The summed E-state index contributed by atoms with van der Waals surface area (Å²) in [6.45, 7) is 0.261. The van der Waals surface area contributed by atoms with E-state index in [1.165, 1.54) is 16.5 Å². The lowest BCUT2D eigenvalue weighted by atomic mass is 10.2. The van der Waals surface area contributed by atoms with Crippen molar-refractivity contribution in [3.63, 3.8) is 0 Å². The molecule has 1 amide bonds. The Morgan fingerprint density at radius 3 is 2.57 bits per heavy atom. The van der Waals surface area contributed by atoms with Crippen molar-refractivity contribution in [2.24, 2.45) is 4.99 Å². The molecule has 0 atom stereocenters. The first kappa shape index (κ1) is 23.5. The summed E-state index contributed by atoms with van der Waals surface area (Å²) in [6.07, 6.45) is 4.60. The molecule has 5 aromatic rings. The van der Waals surface area contributed by atoms with E-state index < -0.39 is 5.91 Å². The number of hydrogen-bond acceptors (Lipinski definition) is 5. The zero-order valence-corrected chi connectivity index (χ0v) is 19.9. The van der Waals surface area contributed by atoms with Crippen molar-refractivity contribution in [3.05, 3.63) is 124 Å². The molecule has 0 aliphatic heterocycles. The van der Waals surface area contributed by atoms with Gasteiger partial charge < -0.3 is 9.30 Å². The zero-order valence-electron chi connectivity index (χ0n) is 19.9. The van der Waals surface area contributed by atoms with Crippen LogP contribution in [0.15, 0.2) is 101 Å². The quantitative estimate of drug-likeness (QED) is 0.278. The molecule has 3 heterocycles. The minimum Gasteiger partial charge on any atom is -0.497 e. The van der Waals surface area contributed by atoms with Crippen LogP contribution in [0.25, 0.3) is 22.8 Å². The van der Waals surface area contributed by atoms with Crippen molar-refractivity contribution in [3.8, 4) is 11.8 Å². The molecule has 180 valence electrons. The van der Waals surface area contributed by atoms with Crippen molar-refractivity contribution in [2.45, 2.75) is 6.54 Å². The highest BCUT2D eigenvalue weighted by atomic mass is 16.5. The largest absolute Gasteiger partial charge is 0.497 e. The summed E-state index contributed by atoms with van der Waals surface area (Å²) < 4.78 is 8.24.